The molecular weight excluding hydrogens is 286 g/mol. The van der Waals surface area contributed by atoms with Crippen molar-refractivity contribution in [1.82, 2.24) is 0 Å². The van der Waals surface area contributed by atoms with Gasteiger partial charge in [0, 0.05) is 28.0 Å². The number of aryl methyl sites for hydroxylation is 1. The third kappa shape index (κ3) is 3.86. The molecule has 0 saturated carbocycles. The summed E-state index contributed by atoms with van der Waals surface area (Å²) in [5.41, 5.74) is 9.04. The van der Waals surface area contributed by atoms with E-state index in [2.05, 4.69) is 55.6 Å². The quantitative estimate of drug-likeness (QED) is 0.902. The van der Waals surface area contributed by atoms with Gasteiger partial charge < -0.3 is 10.5 Å². The average Bonchev–Trinajstić information content (AvgIpc) is 2.47. The van der Waals surface area contributed by atoms with Crippen LogP contribution < -0.4 is 10.5 Å². The van der Waals surface area contributed by atoms with Crippen LogP contribution in [-0.4, -0.2) is 35.2 Å². The molecule has 2 rings (SSSR count). The summed E-state index contributed by atoms with van der Waals surface area (Å²) in [5, 5.41) is 1.25. The molecule has 0 aromatic heterocycles. The molecule has 1 saturated heterocycles. The highest BCUT2D eigenvalue weighted by Gasteiger charge is 2.30. The van der Waals surface area contributed by atoms with Gasteiger partial charge in [0.1, 0.15) is 5.75 Å². The number of hydrogen-bond acceptors (Lipinski definition) is 4. The van der Waals surface area contributed by atoms with Gasteiger partial charge in [-0.3, -0.25) is 0 Å². The van der Waals surface area contributed by atoms with E-state index >= 15 is 0 Å². The van der Waals surface area contributed by atoms with Crippen molar-refractivity contribution in [2.45, 2.75) is 43.2 Å². The van der Waals surface area contributed by atoms with Gasteiger partial charge in [0.05, 0.1) is 7.11 Å². The number of benzene rings is 1. The van der Waals surface area contributed by atoms with Gasteiger partial charge >= 0.3 is 0 Å². The number of hydrogen-bond donors (Lipinski definition) is 1. The Hall–Kier alpha value is -0.320. The Morgan fingerprint density at radius 1 is 1.35 bits per heavy atom. The first kappa shape index (κ1) is 16.1. The molecule has 1 heterocycles. The minimum Gasteiger partial charge on any atom is -0.496 e. The lowest BCUT2D eigenvalue weighted by molar-refractivity contribution is 0.407. The van der Waals surface area contributed by atoms with Gasteiger partial charge in [-0.1, -0.05) is 24.6 Å². The Morgan fingerprint density at radius 2 is 2.10 bits per heavy atom. The molecule has 0 amide bonds. The summed E-state index contributed by atoms with van der Waals surface area (Å²) < 4.78 is 5.47. The molecule has 0 radical (unpaired) electrons. The van der Waals surface area contributed by atoms with Gasteiger partial charge in [-0.15, -0.1) is 0 Å². The average molecular weight is 312 g/mol. The molecule has 3 atom stereocenters. The van der Waals surface area contributed by atoms with Crippen LogP contribution in [0.15, 0.2) is 18.2 Å². The van der Waals surface area contributed by atoms with Gasteiger partial charge in [0.2, 0.25) is 0 Å². The van der Waals surface area contributed by atoms with Crippen LogP contribution in [0.1, 0.15) is 24.5 Å². The van der Waals surface area contributed by atoms with Crippen molar-refractivity contribution in [2.75, 3.05) is 18.6 Å². The van der Waals surface area contributed by atoms with Crippen LogP contribution in [0.5, 0.6) is 5.75 Å². The molecule has 2 N–H and O–H groups in total. The molecule has 4 heteroatoms. The molecule has 3 unspecified atom stereocenters. The molecule has 1 fully saturated rings. The third-order valence-corrected chi connectivity index (χ3v) is 7.24. The van der Waals surface area contributed by atoms with Crippen LogP contribution in [0.3, 0.4) is 0 Å². The van der Waals surface area contributed by atoms with Gasteiger partial charge in [-0.25, -0.2) is 0 Å². The maximum Gasteiger partial charge on any atom is 0.122 e. The van der Waals surface area contributed by atoms with Crippen molar-refractivity contribution in [1.29, 1.82) is 0 Å². The second kappa shape index (κ2) is 7.62. The summed E-state index contributed by atoms with van der Waals surface area (Å²) in [6.45, 7) is 4.39. The predicted octanol–water partition coefficient (Wildman–Crippen LogP) is 3.50. The Kier molecular flexibility index (Phi) is 6.12. The molecule has 1 aromatic carbocycles. The molecule has 1 aliphatic heterocycles. The second-order valence-corrected chi connectivity index (χ2v) is 7.97. The van der Waals surface area contributed by atoms with Gasteiger partial charge in [0.25, 0.3) is 0 Å². The normalized spacial score (nSPS) is 24.4. The zero-order valence-corrected chi connectivity index (χ0v) is 14.2. The molecule has 0 bridgehead atoms. The summed E-state index contributed by atoms with van der Waals surface area (Å²) >= 11 is 4.15. The first-order valence-electron chi connectivity index (χ1n) is 7.28. The first-order valence-corrected chi connectivity index (χ1v) is 9.37. The fourth-order valence-corrected chi connectivity index (χ4v) is 5.97. The van der Waals surface area contributed by atoms with E-state index in [1.807, 2.05) is 0 Å². The monoisotopic (exact) mass is 311 g/mol. The molecule has 20 heavy (non-hydrogen) atoms. The van der Waals surface area contributed by atoms with E-state index in [4.69, 9.17) is 10.5 Å². The standard InChI is InChI=1S/C16H25NOS2/c1-4-15-16(20-8-7-19-15)13(17)10-12-9-11(2)5-6-14(12)18-3/h5-6,9,13,15-16H,4,7-8,10,17H2,1-3H3. The maximum absolute atomic E-state index is 6.53. The van der Waals surface area contributed by atoms with E-state index in [-0.39, 0.29) is 6.04 Å². The van der Waals surface area contributed by atoms with Crippen molar-refractivity contribution < 1.29 is 4.74 Å². The zero-order chi connectivity index (χ0) is 14.5. The van der Waals surface area contributed by atoms with E-state index in [1.165, 1.54) is 29.1 Å². The molecule has 0 spiro atoms. The van der Waals surface area contributed by atoms with Crippen LogP contribution >= 0.6 is 23.5 Å². The van der Waals surface area contributed by atoms with E-state index in [0.29, 0.717) is 10.5 Å². The van der Waals surface area contributed by atoms with E-state index < -0.39 is 0 Å². The fraction of sp³-hybridized carbons (Fsp3) is 0.625. The van der Waals surface area contributed by atoms with Gasteiger partial charge in [-0.05, 0) is 31.4 Å². The minimum absolute atomic E-state index is 0.202. The minimum atomic E-state index is 0.202. The topological polar surface area (TPSA) is 35.2 Å². The maximum atomic E-state index is 6.53. The number of ether oxygens (including phenoxy) is 1. The van der Waals surface area contributed by atoms with Crippen LogP contribution in [-0.2, 0) is 6.42 Å². The molecule has 2 nitrogen and oxygen atoms in total. The lowest BCUT2D eigenvalue weighted by atomic mass is 9.99. The van der Waals surface area contributed by atoms with Gasteiger partial charge in [0.15, 0.2) is 0 Å². The van der Waals surface area contributed by atoms with Crippen molar-refractivity contribution >= 4 is 23.5 Å². The van der Waals surface area contributed by atoms with Crippen LogP contribution in [0.4, 0.5) is 0 Å². The number of thioether (sulfide) groups is 2. The summed E-state index contributed by atoms with van der Waals surface area (Å²) in [7, 11) is 1.74. The van der Waals surface area contributed by atoms with Gasteiger partial charge in [-0.2, -0.15) is 23.5 Å². The summed E-state index contributed by atoms with van der Waals surface area (Å²) in [6.07, 6.45) is 2.11. The Morgan fingerprint density at radius 3 is 2.80 bits per heavy atom. The molecule has 1 aliphatic rings. The van der Waals surface area contributed by atoms with Crippen molar-refractivity contribution in [2.24, 2.45) is 5.73 Å². The second-order valence-electron chi connectivity index (χ2n) is 5.34. The first-order chi connectivity index (χ1) is 9.65. The SMILES string of the molecule is CCC1SCCSC1C(N)Cc1cc(C)ccc1OC. The highest BCUT2D eigenvalue weighted by Crippen LogP contribution is 2.36. The number of nitrogens with two attached hydrogens (primary N) is 1. The predicted molar refractivity (Wildman–Crippen MR) is 92.2 cm³/mol. The number of methoxy groups -OCH3 is 1. The zero-order valence-electron chi connectivity index (χ0n) is 12.6. The summed E-state index contributed by atoms with van der Waals surface area (Å²) in [6, 6.07) is 6.56. The van der Waals surface area contributed by atoms with E-state index in [0.717, 1.165) is 12.2 Å². The van der Waals surface area contributed by atoms with E-state index in [9.17, 15) is 0 Å². The van der Waals surface area contributed by atoms with Crippen molar-refractivity contribution in [3.63, 3.8) is 0 Å². The Bertz CT molecular complexity index is 438. The van der Waals surface area contributed by atoms with Crippen LogP contribution in [0.2, 0.25) is 0 Å². The highest BCUT2D eigenvalue weighted by atomic mass is 32.2. The van der Waals surface area contributed by atoms with E-state index in [1.54, 1.807) is 7.11 Å². The molecule has 0 aliphatic carbocycles. The van der Waals surface area contributed by atoms with Crippen LogP contribution in [0.25, 0.3) is 0 Å². The lowest BCUT2D eigenvalue weighted by Gasteiger charge is -2.34. The third-order valence-electron chi connectivity index (χ3n) is 3.81. The fourth-order valence-electron chi connectivity index (χ4n) is 2.77. The van der Waals surface area contributed by atoms with Crippen molar-refractivity contribution in [3.05, 3.63) is 29.3 Å². The summed E-state index contributed by atoms with van der Waals surface area (Å²) in [5.74, 6) is 3.46. The molecule has 112 valence electrons. The lowest BCUT2D eigenvalue weighted by Crippen LogP contribution is -2.43. The highest BCUT2D eigenvalue weighted by molar-refractivity contribution is 8.07. The van der Waals surface area contributed by atoms with Crippen molar-refractivity contribution in [3.8, 4) is 5.75 Å². The summed E-state index contributed by atoms with van der Waals surface area (Å²) in [4.78, 5) is 0. The Balaban J connectivity index is 2.10. The van der Waals surface area contributed by atoms with Crippen LogP contribution in [0, 0.1) is 6.92 Å². The number of rotatable bonds is 5. The smallest absolute Gasteiger partial charge is 0.122 e. The Labute approximate surface area is 131 Å². The largest absolute Gasteiger partial charge is 0.496 e. The molecular formula is C16H25NOS2. The molecule has 1 aromatic rings.